The number of allylic oxidation sites excluding steroid dienone is 1. The van der Waals surface area contributed by atoms with Gasteiger partial charge in [0.2, 0.25) is 5.91 Å². The maximum Gasteiger partial charge on any atom is 0.276 e. The Labute approximate surface area is 109 Å². The number of aromatic hydroxyl groups is 2. The molecule has 7 nitrogen and oxygen atoms in total. The van der Waals surface area contributed by atoms with Crippen LogP contribution >= 0.6 is 0 Å². The van der Waals surface area contributed by atoms with E-state index in [4.69, 9.17) is 5.73 Å². The van der Waals surface area contributed by atoms with E-state index >= 15 is 0 Å². The Morgan fingerprint density at radius 3 is 2.53 bits per heavy atom. The highest BCUT2D eigenvalue weighted by Gasteiger charge is 2.17. The van der Waals surface area contributed by atoms with E-state index in [9.17, 15) is 25.1 Å². The first kappa shape index (κ1) is 14.5. The number of rotatable bonds is 5. The number of aryl methyl sites for hydroxylation is 1. The molecule has 1 rings (SSSR count). The number of nitrogens with zero attached hydrogens (tertiary/aromatic N) is 1. The quantitative estimate of drug-likeness (QED) is 0.321. The van der Waals surface area contributed by atoms with Crippen molar-refractivity contribution in [2.45, 2.75) is 19.8 Å². The molecule has 0 atom stereocenters. The van der Waals surface area contributed by atoms with Crippen molar-refractivity contribution < 1.29 is 19.9 Å². The van der Waals surface area contributed by atoms with E-state index in [1.165, 1.54) is 0 Å². The molecule has 0 aliphatic carbocycles. The summed E-state index contributed by atoms with van der Waals surface area (Å²) in [5.74, 6) is -1.52. The smallest absolute Gasteiger partial charge is 0.276 e. The van der Waals surface area contributed by atoms with Gasteiger partial charge in [0.05, 0.1) is 11.0 Å². The zero-order chi connectivity index (χ0) is 14.6. The van der Waals surface area contributed by atoms with Gasteiger partial charge in [0.25, 0.3) is 5.69 Å². The first-order valence-electron chi connectivity index (χ1n) is 5.48. The number of hydrogen-bond donors (Lipinski definition) is 3. The van der Waals surface area contributed by atoms with E-state index in [0.717, 1.165) is 12.1 Å². The number of hydrogen-bond acceptors (Lipinski definition) is 5. The maximum absolute atomic E-state index is 10.8. The molecule has 0 radical (unpaired) electrons. The summed E-state index contributed by atoms with van der Waals surface area (Å²) in [4.78, 5) is 21.0. The van der Waals surface area contributed by atoms with Crippen molar-refractivity contribution >= 4 is 11.6 Å². The van der Waals surface area contributed by atoms with E-state index in [1.807, 2.05) is 0 Å². The minimum atomic E-state index is -0.640. The van der Waals surface area contributed by atoms with E-state index in [2.05, 4.69) is 0 Å². The van der Waals surface area contributed by atoms with Crippen LogP contribution in [0, 0.1) is 10.1 Å². The number of nitro benzene ring substituents is 1. The SMILES string of the molecule is CC(=CCCc1cc(O)c(O)cc1[N+](=O)[O-])C(N)=O. The van der Waals surface area contributed by atoms with E-state index in [0.29, 0.717) is 12.0 Å². The molecule has 4 N–H and O–H groups in total. The number of phenols is 2. The number of primary amides is 1. The molecule has 0 aliphatic heterocycles. The molecule has 0 fully saturated rings. The van der Waals surface area contributed by atoms with Crippen LogP contribution in [0.3, 0.4) is 0 Å². The molecule has 1 aromatic carbocycles. The minimum absolute atomic E-state index is 0.245. The van der Waals surface area contributed by atoms with E-state index < -0.39 is 22.3 Å². The molecule has 0 aliphatic rings. The van der Waals surface area contributed by atoms with Crippen LogP contribution in [0.25, 0.3) is 0 Å². The summed E-state index contributed by atoms with van der Waals surface area (Å²) in [5, 5.41) is 29.4. The molecule has 0 heterocycles. The average molecular weight is 266 g/mol. The monoisotopic (exact) mass is 266 g/mol. The predicted molar refractivity (Wildman–Crippen MR) is 67.7 cm³/mol. The van der Waals surface area contributed by atoms with Crippen molar-refractivity contribution in [3.63, 3.8) is 0 Å². The van der Waals surface area contributed by atoms with Gasteiger partial charge in [-0.25, -0.2) is 0 Å². The third kappa shape index (κ3) is 3.70. The summed E-state index contributed by atoms with van der Waals surface area (Å²) in [6.07, 6.45) is 2.17. The highest BCUT2D eigenvalue weighted by Crippen LogP contribution is 2.33. The average Bonchev–Trinajstić information content (AvgIpc) is 2.32. The third-order valence-electron chi connectivity index (χ3n) is 2.63. The fraction of sp³-hybridized carbons (Fsp3) is 0.250. The standard InChI is InChI=1S/C12H14N2O5/c1-7(12(13)17)3-2-4-8-5-10(15)11(16)6-9(8)14(18)19/h3,5-6,15-16H,2,4H2,1H3,(H2,13,17). The van der Waals surface area contributed by atoms with Gasteiger partial charge in [-0.15, -0.1) is 0 Å². The Balaban J connectivity index is 2.95. The predicted octanol–water partition coefficient (Wildman–Crippen LogP) is 1.37. The Morgan fingerprint density at radius 1 is 1.42 bits per heavy atom. The molecule has 0 aromatic heterocycles. The van der Waals surface area contributed by atoms with E-state index in [-0.39, 0.29) is 17.7 Å². The number of amides is 1. The molecule has 0 bridgehead atoms. The summed E-state index contributed by atoms with van der Waals surface area (Å²) in [5.41, 5.74) is 5.41. The van der Waals surface area contributed by atoms with Crippen molar-refractivity contribution in [1.82, 2.24) is 0 Å². The molecule has 0 spiro atoms. The van der Waals surface area contributed by atoms with Crippen LogP contribution in [0.2, 0.25) is 0 Å². The van der Waals surface area contributed by atoms with Crippen molar-refractivity contribution in [2.24, 2.45) is 5.73 Å². The molecular weight excluding hydrogens is 252 g/mol. The van der Waals surface area contributed by atoms with Gasteiger partial charge in [-0.05, 0) is 25.8 Å². The lowest BCUT2D eigenvalue weighted by Gasteiger charge is -2.04. The first-order chi connectivity index (χ1) is 8.82. The van der Waals surface area contributed by atoms with Crippen molar-refractivity contribution in [2.75, 3.05) is 0 Å². The van der Waals surface area contributed by atoms with Crippen LogP contribution in [-0.4, -0.2) is 21.0 Å². The molecule has 7 heteroatoms. The van der Waals surface area contributed by atoms with Gasteiger partial charge in [-0.2, -0.15) is 0 Å². The topological polar surface area (TPSA) is 127 Å². The maximum atomic E-state index is 10.8. The Morgan fingerprint density at radius 2 is 2.00 bits per heavy atom. The van der Waals surface area contributed by atoms with Gasteiger partial charge in [-0.3, -0.25) is 14.9 Å². The molecular formula is C12H14N2O5. The van der Waals surface area contributed by atoms with Gasteiger partial charge in [0, 0.05) is 11.1 Å². The Hall–Kier alpha value is -2.57. The van der Waals surface area contributed by atoms with E-state index in [1.54, 1.807) is 13.0 Å². The third-order valence-corrected chi connectivity index (χ3v) is 2.63. The molecule has 102 valence electrons. The van der Waals surface area contributed by atoms with Gasteiger partial charge < -0.3 is 15.9 Å². The van der Waals surface area contributed by atoms with Crippen molar-refractivity contribution in [1.29, 1.82) is 0 Å². The van der Waals surface area contributed by atoms with Crippen LogP contribution in [-0.2, 0) is 11.2 Å². The highest BCUT2D eigenvalue weighted by atomic mass is 16.6. The summed E-state index contributed by atoms with van der Waals surface area (Å²) in [6.45, 7) is 1.55. The lowest BCUT2D eigenvalue weighted by molar-refractivity contribution is -0.385. The second-order valence-electron chi connectivity index (χ2n) is 4.02. The lowest BCUT2D eigenvalue weighted by atomic mass is 10.1. The Bertz CT molecular complexity index is 551. The summed E-state index contributed by atoms with van der Waals surface area (Å²) < 4.78 is 0. The molecule has 1 aromatic rings. The fourth-order valence-electron chi connectivity index (χ4n) is 1.52. The summed E-state index contributed by atoms with van der Waals surface area (Å²) in [7, 11) is 0. The zero-order valence-corrected chi connectivity index (χ0v) is 10.3. The second kappa shape index (κ2) is 5.85. The van der Waals surface area contributed by atoms with Crippen LogP contribution in [0.1, 0.15) is 18.9 Å². The second-order valence-corrected chi connectivity index (χ2v) is 4.02. The molecule has 0 saturated carbocycles. The van der Waals surface area contributed by atoms with Crippen molar-refractivity contribution in [3.05, 3.63) is 39.5 Å². The van der Waals surface area contributed by atoms with Crippen LogP contribution in [0.5, 0.6) is 11.5 Å². The lowest BCUT2D eigenvalue weighted by Crippen LogP contribution is -2.11. The van der Waals surface area contributed by atoms with Crippen LogP contribution in [0.15, 0.2) is 23.8 Å². The summed E-state index contributed by atoms with van der Waals surface area (Å²) in [6, 6.07) is 2.04. The van der Waals surface area contributed by atoms with Crippen LogP contribution in [0.4, 0.5) is 5.69 Å². The highest BCUT2D eigenvalue weighted by molar-refractivity contribution is 5.91. The Kier molecular flexibility index (Phi) is 4.46. The fourth-order valence-corrected chi connectivity index (χ4v) is 1.52. The number of nitrogens with two attached hydrogens (primary N) is 1. The largest absolute Gasteiger partial charge is 0.504 e. The van der Waals surface area contributed by atoms with Gasteiger partial charge in [0.15, 0.2) is 11.5 Å². The number of carbonyl (C=O) groups is 1. The van der Waals surface area contributed by atoms with Crippen LogP contribution < -0.4 is 5.73 Å². The molecule has 0 saturated heterocycles. The number of nitro groups is 1. The molecule has 1 amide bonds. The molecule has 19 heavy (non-hydrogen) atoms. The number of phenolic OH excluding ortho intramolecular Hbond substituents is 2. The van der Waals surface area contributed by atoms with Gasteiger partial charge in [0.1, 0.15) is 0 Å². The minimum Gasteiger partial charge on any atom is -0.504 e. The number of benzene rings is 1. The van der Waals surface area contributed by atoms with Gasteiger partial charge >= 0.3 is 0 Å². The summed E-state index contributed by atoms with van der Waals surface area (Å²) >= 11 is 0. The number of carbonyl (C=O) groups excluding carboxylic acids is 1. The normalized spacial score (nSPS) is 11.3. The zero-order valence-electron chi connectivity index (χ0n) is 10.3. The van der Waals surface area contributed by atoms with Crippen molar-refractivity contribution in [3.8, 4) is 11.5 Å². The first-order valence-corrected chi connectivity index (χ1v) is 5.48. The van der Waals surface area contributed by atoms with Gasteiger partial charge in [-0.1, -0.05) is 6.08 Å². The molecule has 0 unspecified atom stereocenters.